The van der Waals surface area contributed by atoms with Gasteiger partial charge in [-0.2, -0.15) is 17.6 Å². The van der Waals surface area contributed by atoms with E-state index in [0.717, 1.165) is 17.4 Å². The summed E-state index contributed by atoms with van der Waals surface area (Å²) in [6.07, 6.45) is -0.358. The molecule has 1 aromatic carbocycles. The van der Waals surface area contributed by atoms with Crippen molar-refractivity contribution in [1.82, 2.24) is 20.2 Å². The zero-order valence-corrected chi connectivity index (χ0v) is 26.3. The summed E-state index contributed by atoms with van der Waals surface area (Å²) >= 11 is 0. The number of halogens is 4. The lowest BCUT2D eigenvalue weighted by molar-refractivity contribution is -0.150. The quantitative estimate of drug-likeness (QED) is 0.407. The molecule has 15 heteroatoms. The Balaban J connectivity index is 1.38. The van der Waals surface area contributed by atoms with Crippen LogP contribution in [0.4, 0.5) is 22.4 Å². The predicted molar refractivity (Wildman–Crippen MR) is 157 cm³/mol. The summed E-state index contributed by atoms with van der Waals surface area (Å²) in [6.45, 7) is 1.72. The maximum absolute atomic E-state index is 16.0. The Kier molecular flexibility index (Phi) is 8.62. The van der Waals surface area contributed by atoms with Crippen molar-refractivity contribution in [2.45, 2.75) is 103 Å². The molecule has 0 radical (unpaired) electrons. The molecule has 7 unspecified atom stereocenters. The van der Waals surface area contributed by atoms with Crippen molar-refractivity contribution in [3.63, 3.8) is 0 Å². The Labute approximate surface area is 268 Å². The van der Waals surface area contributed by atoms with E-state index >= 15 is 8.78 Å². The Morgan fingerprint density at radius 1 is 1.09 bits per heavy atom. The van der Waals surface area contributed by atoms with Gasteiger partial charge in [0.15, 0.2) is 5.69 Å². The summed E-state index contributed by atoms with van der Waals surface area (Å²) in [6, 6.07) is 0.965. The molecule has 3 fully saturated rings. The first kappa shape index (κ1) is 33.0. The van der Waals surface area contributed by atoms with Crippen LogP contribution in [-0.2, 0) is 20.2 Å². The monoisotopic (exact) mass is 666 g/mol. The molecule has 2 amide bonds. The van der Waals surface area contributed by atoms with E-state index in [1.165, 1.54) is 12.1 Å². The Bertz CT molecular complexity index is 1550. The van der Waals surface area contributed by atoms with E-state index in [4.69, 9.17) is 9.47 Å². The van der Waals surface area contributed by atoms with Gasteiger partial charge in [0.05, 0.1) is 17.6 Å². The summed E-state index contributed by atoms with van der Waals surface area (Å²) in [5, 5.41) is 12.7. The molecular weight excluding hydrogens is 628 g/mol. The van der Waals surface area contributed by atoms with Crippen molar-refractivity contribution in [2.24, 2.45) is 23.2 Å². The topological polar surface area (TPSA) is 140 Å². The highest BCUT2D eigenvalue weighted by Crippen LogP contribution is 2.58. The maximum atomic E-state index is 16.0. The van der Waals surface area contributed by atoms with Gasteiger partial charge in [0.25, 0.3) is 5.92 Å². The first-order valence-electron chi connectivity index (χ1n) is 15.9. The molecule has 2 aromatic rings. The van der Waals surface area contributed by atoms with Crippen molar-refractivity contribution in [1.29, 1.82) is 0 Å². The molecule has 4 aliphatic rings. The number of carbonyl (C=O) groups excluding carboxylic acids is 2. The first-order valence-corrected chi connectivity index (χ1v) is 15.9. The summed E-state index contributed by atoms with van der Waals surface area (Å²) in [7, 11) is 0. The van der Waals surface area contributed by atoms with Crippen LogP contribution < -0.4 is 14.8 Å². The van der Waals surface area contributed by atoms with Gasteiger partial charge in [-0.1, -0.05) is 27.2 Å². The van der Waals surface area contributed by atoms with Gasteiger partial charge in [-0.25, -0.2) is 19.6 Å². The van der Waals surface area contributed by atoms with E-state index in [1.807, 2.05) is 0 Å². The van der Waals surface area contributed by atoms with Gasteiger partial charge in [0.1, 0.15) is 30.0 Å². The molecule has 47 heavy (non-hydrogen) atoms. The fraction of sp³-hybridized carbons (Fsp3) is 0.656. The number of nitrogens with zero attached hydrogens (tertiary/aromatic N) is 3. The number of aliphatic carboxylic acids is 1. The number of hydrogen-bond donors (Lipinski definition) is 2. The number of carbonyl (C=O) groups is 3. The lowest BCUT2D eigenvalue weighted by Gasteiger charge is -2.35. The second kappa shape index (κ2) is 12.3. The van der Waals surface area contributed by atoms with Gasteiger partial charge in [-0.15, -0.1) is 0 Å². The molecule has 2 aliphatic carbocycles. The molecule has 1 saturated heterocycles. The van der Waals surface area contributed by atoms with Crippen LogP contribution >= 0.6 is 0 Å². The second-order valence-electron chi connectivity index (χ2n) is 14.1. The number of fused-ring (bicyclic) bond motifs is 7. The third-order valence-corrected chi connectivity index (χ3v) is 9.74. The van der Waals surface area contributed by atoms with E-state index < -0.39 is 78.2 Å². The van der Waals surface area contributed by atoms with Gasteiger partial charge in [-0.3, -0.25) is 4.79 Å². The highest BCUT2D eigenvalue weighted by molar-refractivity contribution is 5.90. The van der Waals surface area contributed by atoms with Crippen molar-refractivity contribution in [2.75, 3.05) is 6.54 Å². The van der Waals surface area contributed by atoms with Crippen molar-refractivity contribution in [3.8, 4) is 11.6 Å². The number of ether oxygens (including phenoxy) is 3. The third kappa shape index (κ3) is 6.89. The minimum Gasteiger partial charge on any atom is -0.480 e. The van der Waals surface area contributed by atoms with Crippen LogP contribution in [0.5, 0.6) is 11.6 Å². The number of carboxylic acid groups (broad SMARTS) is 1. The largest absolute Gasteiger partial charge is 0.480 e. The van der Waals surface area contributed by atoms with Crippen molar-refractivity contribution >= 4 is 29.0 Å². The van der Waals surface area contributed by atoms with Crippen LogP contribution in [0, 0.1) is 23.2 Å². The van der Waals surface area contributed by atoms with E-state index in [2.05, 4.69) is 20.0 Å². The Hall–Kier alpha value is -3.91. The normalized spacial score (nSPS) is 31.1. The molecule has 0 spiro atoms. The average molecular weight is 667 g/mol. The number of aromatic nitrogens is 2. The van der Waals surface area contributed by atoms with E-state index in [0.29, 0.717) is 31.1 Å². The summed E-state index contributed by atoms with van der Waals surface area (Å²) in [4.78, 5) is 48.9. The fourth-order valence-electron chi connectivity index (χ4n) is 7.33. The fourth-order valence-corrected chi connectivity index (χ4v) is 7.33. The number of rotatable bonds is 3. The zero-order valence-electron chi connectivity index (χ0n) is 26.3. The number of carboxylic acids is 1. The van der Waals surface area contributed by atoms with Gasteiger partial charge in [-0.05, 0) is 61.0 Å². The number of alkyl halides is 4. The molecule has 3 heterocycles. The molecular formula is C32H38F4N4O7. The minimum absolute atomic E-state index is 0.00165. The van der Waals surface area contributed by atoms with Crippen molar-refractivity contribution < 1.29 is 51.3 Å². The molecule has 2 saturated carbocycles. The van der Waals surface area contributed by atoms with Gasteiger partial charge in [0.2, 0.25) is 11.8 Å². The molecule has 2 aliphatic heterocycles. The van der Waals surface area contributed by atoms with Gasteiger partial charge in [0, 0.05) is 18.9 Å². The number of alkyl carbamates (subject to hydrolysis) is 1. The lowest BCUT2D eigenvalue weighted by Crippen LogP contribution is -2.57. The van der Waals surface area contributed by atoms with Crippen molar-refractivity contribution in [3.05, 3.63) is 23.9 Å². The number of hydrogen-bond acceptors (Lipinski definition) is 8. The standard InChI is InChI=1S/C32H38F4N4O7/c1-31(2,3)25-27(41)40-14-17(13-22(40)28(42)43)45-26-24(37-20-8-7-16(46-29(33)34)12-21(20)38-26)32(35,36)9-5-4-6-18-19-10-15(19)11-23(18)47-30(44)39-25/h7-8,12,15,17-19,22-23,25,29H,4-6,9-11,13-14H2,1-3H3,(H,39,44)(H,42,43). The van der Waals surface area contributed by atoms with Crippen LogP contribution in [-0.4, -0.2) is 75.4 Å². The van der Waals surface area contributed by atoms with Crippen LogP contribution in [0.15, 0.2) is 18.2 Å². The highest BCUT2D eigenvalue weighted by Gasteiger charge is 2.55. The minimum atomic E-state index is -3.52. The third-order valence-electron chi connectivity index (χ3n) is 9.74. The molecule has 1 aromatic heterocycles. The smallest absolute Gasteiger partial charge is 0.408 e. The molecule has 2 N–H and O–H groups in total. The van der Waals surface area contributed by atoms with Crippen LogP contribution in [0.1, 0.15) is 71.4 Å². The number of nitrogens with one attached hydrogen (secondary N) is 1. The highest BCUT2D eigenvalue weighted by atomic mass is 19.3. The number of benzene rings is 1. The summed E-state index contributed by atoms with van der Waals surface area (Å²) in [5.41, 5.74) is -1.68. The van der Waals surface area contributed by atoms with E-state index in [-0.39, 0.29) is 42.1 Å². The molecule has 6 rings (SSSR count). The second-order valence-corrected chi connectivity index (χ2v) is 14.1. The SMILES string of the molecule is CC(C)(C)C1NC(=O)OC2CC3CC3C2CCCCC(F)(F)c2nc3ccc(OC(F)F)cc3nc2OC2CC(C(=O)O)N(C2)C1=O. The molecule has 11 nitrogen and oxygen atoms in total. The Morgan fingerprint density at radius 2 is 1.85 bits per heavy atom. The van der Waals surface area contributed by atoms with Crippen LogP contribution in [0.2, 0.25) is 0 Å². The van der Waals surface area contributed by atoms with Gasteiger partial charge >= 0.3 is 18.7 Å². The summed E-state index contributed by atoms with van der Waals surface area (Å²) < 4.78 is 73.9. The van der Waals surface area contributed by atoms with Crippen LogP contribution in [0.25, 0.3) is 11.0 Å². The Morgan fingerprint density at radius 3 is 2.55 bits per heavy atom. The molecule has 2 bridgehead atoms. The lowest BCUT2D eigenvalue weighted by atomic mass is 9.85. The van der Waals surface area contributed by atoms with E-state index in [9.17, 15) is 28.3 Å². The molecule has 256 valence electrons. The maximum Gasteiger partial charge on any atom is 0.408 e. The first-order chi connectivity index (χ1) is 22.1. The summed E-state index contributed by atoms with van der Waals surface area (Å²) in [5.74, 6) is -5.65. The van der Waals surface area contributed by atoms with E-state index in [1.54, 1.807) is 20.8 Å². The molecule has 7 atom stereocenters. The number of amides is 2. The average Bonchev–Trinajstić information content (AvgIpc) is 3.46. The zero-order chi connectivity index (χ0) is 33.8. The predicted octanol–water partition coefficient (Wildman–Crippen LogP) is 5.50. The van der Waals surface area contributed by atoms with Crippen LogP contribution in [0.3, 0.4) is 0 Å². The van der Waals surface area contributed by atoms with Gasteiger partial charge < -0.3 is 29.5 Å².